The van der Waals surface area contributed by atoms with Gasteiger partial charge in [0.2, 0.25) is 23.6 Å². The van der Waals surface area contributed by atoms with Gasteiger partial charge in [-0.1, -0.05) is 0 Å². The Balaban J connectivity index is 4.75. The van der Waals surface area contributed by atoms with E-state index in [0.717, 1.165) is 0 Å². The third-order valence-corrected chi connectivity index (χ3v) is 4.66. The van der Waals surface area contributed by atoms with E-state index in [-0.39, 0.29) is 6.42 Å². The van der Waals surface area contributed by atoms with Crippen molar-refractivity contribution in [1.82, 2.24) is 16.0 Å². The van der Waals surface area contributed by atoms with Crippen molar-refractivity contribution in [3.63, 3.8) is 0 Å². The highest BCUT2D eigenvalue weighted by Crippen LogP contribution is 2.02. The molecule has 0 aliphatic carbocycles. The molecule has 0 aromatic rings. The van der Waals surface area contributed by atoms with E-state index in [1.54, 1.807) is 0 Å². The predicted molar refractivity (Wildman–Crippen MR) is 112 cm³/mol. The van der Waals surface area contributed by atoms with Crippen molar-refractivity contribution in [1.29, 1.82) is 0 Å². The summed E-state index contributed by atoms with van der Waals surface area (Å²) in [5.74, 6) is -3.57. The molecule has 3 atom stereocenters. The second-order valence-corrected chi connectivity index (χ2v) is 7.57. The summed E-state index contributed by atoms with van der Waals surface area (Å²) in [5.41, 5.74) is 16.2. The number of hydrogen-bond donors (Lipinski definition) is 7. The van der Waals surface area contributed by atoms with Gasteiger partial charge in [-0.2, -0.15) is 11.8 Å². The molecule has 0 rings (SSSR count). The fourth-order valence-electron chi connectivity index (χ4n) is 2.35. The van der Waals surface area contributed by atoms with Gasteiger partial charge in [-0.3, -0.25) is 19.2 Å². The van der Waals surface area contributed by atoms with Gasteiger partial charge in [0, 0.05) is 0 Å². The van der Waals surface area contributed by atoms with E-state index in [2.05, 4.69) is 16.0 Å². The van der Waals surface area contributed by atoms with Crippen LogP contribution in [0.3, 0.4) is 0 Å². The molecule has 0 aromatic carbocycles. The Morgan fingerprint density at radius 2 is 1.67 bits per heavy atom. The smallest absolute Gasteiger partial charge is 0.326 e. The molecule has 0 bridgehead atoms. The number of thioether (sulfide) groups is 1. The Labute approximate surface area is 179 Å². The fourth-order valence-corrected chi connectivity index (χ4v) is 2.84. The third kappa shape index (κ3) is 12.2. The van der Waals surface area contributed by atoms with Crippen LogP contribution in [0.4, 0.5) is 0 Å². The van der Waals surface area contributed by atoms with Gasteiger partial charge in [0.05, 0.1) is 19.0 Å². The van der Waals surface area contributed by atoms with Crippen LogP contribution in [0.5, 0.6) is 0 Å². The molecule has 10 N–H and O–H groups in total. The Bertz CT molecular complexity index is 605. The number of amides is 4. The molecule has 0 radical (unpaired) electrons. The quantitative estimate of drug-likeness (QED) is 0.121. The van der Waals surface area contributed by atoms with Crippen LogP contribution in [0.1, 0.15) is 32.1 Å². The largest absolute Gasteiger partial charge is 0.480 e. The number of unbranched alkanes of at least 4 members (excludes halogenated alkanes) is 1. The van der Waals surface area contributed by atoms with Crippen LogP contribution >= 0.6 is 11.8 Å². The first-order chi connectivity index (χ1) is 14.1. The minimum Gasteiger partial charge on any atom is -0.480 e. The summed E-state index contributed by atoms with van der Waals surface area (Å²) in [6.07, 6.45) is 3.08. The molecule has 12 nitrogen and oxygen atoms in total. The lowest BCUT2D eigenvalue weighted by molar-refractivity contribution is -0.142. The molecule has 0 aromatic heterocycles. The number of rotatable bonds is 16. The molecular weight excluding hydrogens is 416 g/mol. The lowest BCUT2D eigenvalue weighted by Crippen LogP contribution is -2.54. The highest BCUT2D eigenvalue weighted by molar-refractivity contribution is 7.98. The lowest BCUT2D eigenvalue weighted by Gasteiger charge is -2.20. The molecule has 0 saturated heterocycles. The Morgan fingerprint density at radius 3 is 2.20 bits per heavy atom. The molecule has 0 spiro atoms. The number of carboxylic acids is 1. The number of nitrogens with one attached hydrogen (secondary N) is 3. The minimum absolute atomic E-state index is 0.195. The second-order valence-electron chi connectivity index (χ2n) is 6.58. The zero-order chi connectivity index (χ0) is 23.1. The molecular formula is C17H32N6O6S. The number of aliphatic carboxylic acids is 1. The molecule has 30 heavy (non-hydrogen) atoms. The van der Waals surface area contributed by atoms with Crippen LogP contribution in [-0.4, -0.2) is 77.9 Å². The molecule has 172 valence electrons. The van der Waals surface area contributed by atoms with Crippen LogP contribution in [0, 0.1) is 0 Å². The monoisotopic (exact) mass is 448 g/mol. The SMILES string of the molecule is CSCCC(N)C(=O)NC(CC(N)=O)C(=O)NCC(=O)NC(CCCCN)C(=O)O. The minimum atomic E-state index is -1.30. The first-order valence-electron chi connectivity index (χ1n) is 9.45. The van der Waals surface area contributed by atoms with Crippen molar-refractivity contribution in [3.05, 3.63) is 0 Å². The summed E-state index contributed by atoms with van der Waals surface area (Å²) in [5, 5.41) is 16.1. The summed E-state index contributed by atoms with van der Waals surface area (Å²) in [6.45, 7) is -0.132. The molecule has 0 aliphatic heterocycles. The molecule has 3 unspecified atom stereocenters. The number of carbonyl (C=O) groups excluding carboxylic acids is 4. The summed E-state index contributed by atoms with van der Waals surface area (Å²) < 4.78 is 0. The normalized spacial score (nSPS) is 13.6. The molecule has 4 amide bonds. The highest BCUT2D eigenvalue weighted by Gasteiger charge is 2.26. The lowest BCUT2D eigenvalue weighted by atomic mass is 10.1. The molecule has 13 heteroatoms. The number of carboxylic acid groups (broad SMARTS) is 1. The maximum atomic E-state index is 12.3. The topological polar surface area (TPSA) is 220 Å². The zero-order valence-corrected chi connectivity index (χ0v) is 17.8. The maximum Gasteiger partial charge on any atom is 0.326 e. The van der Waals surface area contributed by atoms with Crippen LogP contribution < -0.4 is 33.2 Å². The van der Waals surface area contributed by atoms with Crippen molar-refractivity contribution in [2.75, 3.05) is 25.1 Å². The first-order valence-corrected chi connectivity index (χ1v) is 10.8. The number of primary amides is 1. The van der Waals surface area contributed by atoms with E-state index in [9.17, 15) is 24.0 Å². The predicted octanol–water partition coefficient (Wildman–Crippen LogP) is -2.76. The van der Waals surface area contributed by atoms with Crippen LogP contribution in [0.15, 0.2) is 0 Å². The summed E-state index contributed by atoms with van der Waals surface area (Å²) >= 11 is 1.50. The van der Waals surface area contributed by atoms with Gasteiger partial charge < -0.3 is 38.3 Å². The first kappa shape index (κ1) is 27.6. The molecule has 0 heterocycles. The van der Waals surface area contributed by atoms with Gasteiger partial charge in [-0.25, -0.2) is 4.79 Å². The van der Waals surface area contributed by atoms with Gasteiger partial charge in [-0.15, -0.1) is 0 Å². The van der Waals surface area contributed by atoms with Crippen molar-refractivity contribution < 1.29 is 29.1 Å². The van der Waals surface area contributed by atoms with Crippen LogP contribution in [-0.2, 0) is 24.0 Å². The standard InChI is InChI=1S/C17H32N6O6S/c1-30-7-5-10(19)15(26)23-12(8-13(20)24)16(27)21-9-14(25)22-11(17(28)29)4-2-3-6-18/h10-12H,2-9,18-19H2,1H3,(H2,20,24)(H,21,27)(H,22,25)(H,23,26)(H,28,29). The number of carbonyl (C=O) groups is 5. The number of nitrogens with two attached hydrogens (primary N) is 3. The Morgan fingerprint density at radius 1 is 1.00 bits per heavy atom. The molecule has 0 aliphatic rings. The van der Waals surface area contributed by atoms with Crippen LogP contribution in [0.2, 0.25) is 0 Å². The van der Waals surface area contributed by atoms with Gasteiger partial charge in [0.1, 0.15) is 12.1 Å². The molecule has 0 saturated carbocycles. The van der Waals surface area contributed by atoms with Crippen molar-refractivity contribution >= 4 is 41.4 Å². The zero-order valence-electron chi connectivity index (χ0n) is 17.0. The van der Waals surface area contributed by atoms with Gasteiger partial charge in [0.15, 0.2) is 0 Å². The van der Waals surface area contributed by atoms with Crippen molar-refractivity contribution in [2.24, 2.45) is 17.2 Å². The van der Waals surface area contributed by atoms with Crippen molar-refractivity contribution in [3.8, 4) is 0 Å². The van der Waals surface area contributed by atoms with E-state index >= 15 is 0 Å². The van der Waals surface area contributed by atoms with Gasteiger partial charge >= 0.3 is 5.97 Å². The fraction of sp³-hybridized carbons (Fsp3) is 0.706. The van der Waals surface area contributed by atoms with Crippen molar-refractivity contribution in [2.45, 2.75) is 50.2 Å². The van der Waals surface area contributed by atoms with Gasteiger partial charge in [0.25, 0.3) is 0 Å². The van der Waals surface area contributed by atoms with E-state index < -0.39 is 60.7 Å². The van der Waals surface area contributed by atoms with Crippen LogP contribution in [0.25, 0.3) is 0 Å². The van der Waals surface area contributed by atoms with E-state index in [4.69, 9.17) is 22.3 Å². The summed E-state index contributed by atoms with van der Waals surface area (Å²) in [7, 11) is 0. The average Bonchev–Trinajstić information content (AvgIpc) is 2.68. The Hall–Kier alpha value is -2.38. The Kier molecular flexibility index (Phi) is 14.2. The maximum absolute atomic E-state index is 12.3. The number of hydrogen-bond acceptors (Lipinski definition) is 8. The van der Waals surface area contributed by atoms with E-state index in [1.807, 2.05) is 6.26 Å². The second kappa shape index (κ2) is 15.5. The highest BCUT2D eigenvalue weighted by atomic mass is 32.2. The third-order valence-electron chi connectivity index (χ3n) is 4.01. The average molecular weight is 449 g/mol. The molecule has 0 fully saturated rings. The van der Waals surface area contributed by atoms with E-state index in [0.29, 0.717) is 31.6 Å². The van der Waals surface area contributed by atoms with E-state index in [1.165, 1.54) is 11.8 Å². The van der Waals surface area contributed by atoms with Gasteiger partial charge in [-0.05, 0) is 44.2 Å². The summed E-state index contributed by atoms with van der Waals surface area (Å²) in [6, 6.07) is -3.28. The summed E-state index contributed by atoms with van der Waals surface area (Å²) in [4.78, 5) is 58.8.